The van der Waals surface area contributed by atoms with Crippen molar-refractivity contribution in [3.8, 4) is 0 Å². The largest absolute Gasteiger partial charge is 0.384 e. The van der Waals surface area contributed by atoms with Crippen LogP contribution in [0.5, 0.6) is 0 Å². The van der Waals surface area contributed by atoms with Gasteiger partial charge in [0.1, 0.15) is 0 Å². The Morgan fingerprint density at radius 3 is 2.33 bits per heavy atom. The summed E-state index contributed by atoms with van der Waals surface area (Å²) in [6, 6.07) is 0. The van der Waals surface area contributed by atoms with Crippen LogP contribution in [0.25, 0.3) is 0 Å². The molecule has 72 valence electrons. The van der Waals surface area contributed by atoms with Gasteiger partial charge in [-0.05, 0) is 17.0 Å². The third-order valence-electron chi connectivity index (χ3n) is 2.46. The van der Waals surface area contributed by atoms with Gasteiger partial charge in [0.05, 0.1) is 12.5 Å². The molecule has 0 radical (unpaired) electrons. The molecule has 12 heavy (non-hydrogen) atoms. The molecule has 0 saturated carbocycles. The van der Waals surface area contributed by atoms with Crippen LogP contribution in [0.15, 0.2) is 0 Å². The number of rotatable bonds is 5. The van der Waals surface area contributed by atoms with E-state index in [1.165, 1.54) is 0 Å². The van der Waals surface area contributed by atoms with E-state index in [1.807, 2.05) is 20.8 Å². The smallest absolute Gasteiger partial charge is 0.227 e. The van der Waals surface area contributed by atoms with Crippen LogP contribution in [0, 0.1) is 11.3 Å². The first-order valence-electron chi connectivity index (χ1n) is 4.14. The van der Waals surface area contributed by atoms with Gasteiger partial charge < -0.3 is 4.74 Å². The van der Waals surface area contributed by atoms with E-state index >= 15 is 0 Å². The molecule has 0 aliphatic carbocycles. The highest BCUT2D eigenvalue weighted by Gasteiger charge is 2.32. The van der Waals surface area contributed by atoms with Crippen molar-refractivity contribution in [1.29, 1.82) is 0 Å². The summed E-state index contributed by atoms with van der Waals surface area (Å²) in [5.74, 6) is -0.200. The van der Waals surface area contributed by atoms with Crippen molar-refractivity contribution in [1.82, 2.24) is 0 Å². The summed E-state index contributed by atoms with van der Waals surface area (Å²) in [7, 11) is 1.58. The monoisotopic (exact) mass is 192 g/mol. The molecular formula is C9H17ClO2. The summed E-state index contributed by atoms with van der Waals surface area (Å²) in [5.41, 5.74) is -0.0746. The molecule has 0 aliphatic heterocycles. The fraction of sp³-hybridized carbons (Fsp3) is 0.889. The molecule has 0 aliphatic rings. The quantitative estimate of drug-likeness (QED) is 0.626. The van der Waals surface area contributed by atoms with Gasteiger partial charge in [0, 0.05) is 7.11 Å². The normalized spacial score (nSPS) is 14.4. The minimum absolute atomic E-state index is 0.0746. The first kappa shape index (κ1) is 11.9. The minimum Gasteiger partial charge on any atom is -0.384 e. The zero-order valence-corrected chi connectivity index (χ0v) is 8.94. The summed E-state index contributed by atoms with van der Waals surface area (Å²) in [6.07, 6.45) is 0.916. The summed E-state index contributed by atoms with van der Waals surface area (Å²) in [5, 5.41) is -0.302. The van der Waals surface area contributed by atoms with Crippen molar-refractivity contribution < 1.29 is 9.53 Å². The van der Waals surface area contributed by atoms with Gasteiger partial charge in [-0.25, -0.2) is 0 Å². The summed E-state index contributed by atoms with van der Waals surface area (Å²) >= 11 is 5.47. The van der Waals surface area contributed by atoms with Crippen molar-refractivity contribution in [2.75, 3.05) is 13.7 Å². The molecule has 0 aromatic rings. The standard InChI is InChI=1S/C9H17ClO2/c1-5-9(2,3)7(6-12-4)8(10)11/h7H,5-6H2,1-4H3. The van der Waals surface area contributed by atoms with E-state index in [0.717, 1.165) is 6.42 Å². The first-order chi connectivity index (χ1) is 5.45. The van der Waals surface area contributed by atoms with E-state index in [0.29, 0.717) is 6.61 Å². The maximum atomic E-state index is 11.0. The zero-order valence-electron chi connectivity index (χ0n) is 8.19. The zero-order chi connectivity index (χ0) is 9.78. The molecular weight excluding hydrogens is 176 g/mol. The first-order valence-corrected chi connectivity index (χ1v) is 4.51. The van der Waals surface area contributed by atoms with Crippen LogP contribution in [0.2, 0.25) is 0 Å². The maximum absolute atomic E-state index is 11.0. The molecule has 0 fully saturated rings. The Morgan fingerprint density at radius 2 is 2.08 bits per heavy atom. The minimum atomic E-state index is -0.302. The van der Waals surface area contributed by atoms with Crippen LogP contribution in [0.1, 0.15) is 27.2 Å². The predicted molar refractivity (Wildman–Crippen MR) is 50.3 cm³/mol. The van der Waals surface area contributed by atoms with Crippen LogP contribution in [-0.4, -0.2) is 19.0 Å². The molecule has 0 rings (SSSR count). The average molecular weight is 193 g/mol. The van der Waals surface area contributed by atoms with Crippen LogP contribution in [0.4, 0.5) is 0 Å². The Kier molecular flexibility index (Phi) is 4.80. The van der Waals surface area contributed by atoms with Gasteiger partial charge >= 0.3 is 0 Å². The molecule has 1 atom stereocenters. The fourth-order valence-electron chi connectivity index (χ4n) is 1.01. The highest BCUT2D eigenvalue weighted by Crippen LogP contribution is 2.32. The lowest BCUT2D eigenvalue weighted by molar-refractivity contribution is -0.120. The average Bonchev–Trinajstić information content (AvgIpc) is 1.99. The fourth-order valence-corrected chi connectivity index (χ4v) is 1.37. The molecule has 2 nitrogen and oxygen atoms in total. The lowest BCUT2D eigenvalue weighted by atomic mass is 9.78. The molecule has 0 aromatic heterocycles. The van der Waals surface area contributed by atoms with E-state index in [9.17, 15) is 4.79 Å². The van der Waals surface area contributed by atoms with E-state index in [2.05, 4.69) is 0 Å². The van der Waals surface area contributed by atoms with E-state index in [1.54, 1.807) is 7.11 Å². The second kappa shape index (κ2) is 4.83. The van der Waals surface area contributed by atoms with Crippen molar-refractivity contribution in [3.63, 3.8) is 0 Å². The number of ether oxygens (including phenoxy) is 1. The lowest BCUT2D eigenvalue weighted by Gasteiger charge is -2.29. The molecule has 3 heteroatoms. The highest BCUT2D eigenvalue weighted by molar-refractivity contribution is 6.64. The SMILES string of the molecule is CCC(C)(C)C(COC)C(=O)Cl. The van der Waals surface area contributed by atoms with Crippen molar-refractivity contribution in [2.45, 2.75) is 27.2 Å². The van der Waals surface area contributed by atoms with Gasteiger partial charge in [-0.1, -0.05) is 27.2 Å². The molecule has 0 amide bonds. The van der Waals surface area contributed by atoms with Crippen molar-refractivity contribution in [3.05, 3.63) is 0 Å². The lowest BCUT2D eigenvalue weighted by Crippen LogP contribution is -2.31. The molecule has 0 heterocycles. The molecule has 0 aromatic carbocycles. The predicted octanol–water partition coefficient (Wildman–Crippen LogP) is 2.45. The molecule has 1 unspecified atom stereocenters. The van der Waals surface area contributed by atoms with Gasteiger partial charge in [-0.15, -0.1) is 0 Å². The second-order valence-corrected chi connectivity index (χ2v) is 4.03. The third kappa shape index (κ3) is 3.11. The molecule has 0 bridgehead atoms. The second-order valence-electron chi connectivity index (χ2n) is 3.65. The summed E-state index contributed by atoms with van der Waals surface area (Å²) < 4.78 is 4.95. The Bertz CT molecular complexity index is 155. The van der Waals surface area contributed by atoms with Crippen LogP contribution < -0.4 is 0 Å². The maximum Gasteiger partial charge on any atom is 0.227 e. The molecule has 0 saturated heterocycles. The van der Waals surface area contributed by atoms with Crippen molar-refractivity contribution in [2.24, 2.45) is 11.3 Å². The number of carbonyl (C=O) groups is 1. The molecule has 0 spiro atoms. The topological polar surface area (TPSA) is 26.3 Å². The number of hydrogen-bond donors (Lipinski definition) is 0. The van der Waals surface area contributed by atoms with Gasteiger partial charge in [0.15, 0.2) is 0 Å². The van der Waals surface area contributed by atoms with E-state index < -0.39 is 0 Å². The van der Waals surface area contributed by atoms with Crippen LogP contribution in [-0.2, 0) is 9.53 Å². The van der Waals surface area contributed by atoms with E-state index in [-0.39, 0.29) is 16.6 Å². The van der Waals surface area contributed by atoms with Gasteiger partial charge in [-0.3, -0.25) is 4.79 Å². The van der Waals surface area contributed by atoms with Crippen LogP contribution in [0.3, 0.4) is 0 Å². The summed E-state index contributed by atoms with van der Waals surface area (Å²) in [6.45, 7) is 6.50. The van der Waals surface area contributed by atoms with Crippen molar-refractivity contribution >= 4 is 16.8 Å². The van der Waals surface area contributed by atoms with Gasteiger partial charge in [0.25, 0.3) is 0 Å². The van der Waals surface area contributed by atoms with Gasteiger partial charge in [0.2, 0.25) is 5.24 Å². The van der Waals surface area contributed by atoms with Gasteiger partial charge in [-0.2, -0.15) is 0 Å². The molecule has 0 N–H and O–H groups in total. The number of methoxy groups -OCH3 is 1. The Hall–Kier alpha value is -0.0800. The summed E-state index contributed by atoms with van der Waals surface area (Å²) in [4.78, 5) is 11.0. The Morgan fingerprint density at radius 1 is 1.58 bits per heavy atom. The Balaban J connectivity index is 4.38. The number of hydrogen-bond acceptors (Lipinski definition) is 2. The Labute approximate surface area is 79.2 Å². The third-order valence-corrected chi connectivity index (χ3v) is 2.73. The highest BCUT2D eigenvalue weighted by atomic mass is 35.5. The number of carbonyl (C=O) groups excluding carboxylic acids is 1. The van der Waals surface area contributed by atoms with E-state index in [4.69, 9.17) is 16.3 Å². The van der Waals surface area contributed by atoms with Crippen LogP contribution >= 0.6 is 11.6 Å². The number of halogens is 1.